The Balaban J connectivity index is 1.61. The molecular formula is C29H23N7O2. The Morgan fingerprint density at radius 3 is 2.39 bits per heavy atom. The molecule has 3 aromatic heterocycles. The number of nitriles is 1. The number of aryl methyl sites for hydroxylation is 1. The van der Waals surface area contributed by atoms with E-state index in [0.717, 1.165) is 16.8 Å². The van der Waals surface area contributed by atoms with E-state index in [0.29, 0.717) is 45.2 Å². The number of carbonyl (C=O) groups excluding carboxylic acids is 1. The fourth-order valence-corrected chi connectivity index (χ4v) is 4.12. The molecule has 0 fully saturated rings. The smallest absolute Gasteiger partial charge is 0.250 e. The van der Waals surface area contributed by atoms with Crippen molar-refractivity contribution in [3.05, 3.63) is 96.6 Å². The predicted molar refractivity (Wildman–Crippen MR) is 145 cm³/mol. The van der Waals surface area contributed by atoms with Gasteiger partial charge < -0.3 is 15.8 Å². The molecule has 0 aliphatic heterocycles. The molecule has 0 atom stereocenters. The van der Waals surface area contributed by atoms with Gasteiger partial charge in [0.2, 0.25) is 5.88 Å². The van der Waals surface area contributed by atoms with Crippen molar-refractivity contribution in [2.45, 2.75) is 13.8 Å². The molecule has 3 heterocycles. The number of nitrogens with one attached hydrogen (secondary N) is 1. The van der Waals surface area contributed by atoms with E-state index in [-0.39, 0.29) is 11.7 Å². The summed E-state index contributed by atoms with van der Waals surface area (Å²) in [6.07, 6.45) is 1.32. The number of anilines is 2. The maximum Gasteiger partial charge on any atom is 0.250 e. The highest BCUT2D eigenvalue weighted by Crippen LogP contribution is 2.42. The second-order valence-electron chi connectivity index (χ2n) is 8.67. The molecule has 0 aliphatic carbocycles. The van der Waals surface area contributed by atoms with Crippen molar-refractivity contribution in [3.63, 3.8) is 0 Å². The molecule has 0 bridgehead atoms. The summed E-state index contributed by atoms with van der Waals surface area (Å²) >= 11 is 0. The standard InChI is InChI=1S/C29H23N7O2/c1-17(2)29(37)35-21-11-7-19(8-12-21)25-23(15-30)36-27(28(31)32-16-33-36)26(25)20-9-13-22(14-10-20)38-24-6-4-5-18(3)34-24/h4-14,16H,1H2,2-3H3,(H,35,37)(H2,31,32,33). The van der Waals surface area contributed by atoms with Crippen molar-refractivity contribution in [1.29, 1.82) is 5.26 Å². The third-order valence-corrected chi connectivity index (χ3v) is 5.91. The van der Waals surface area contributed by atoms with Gasteiger partial charge in [-0.15, -0.1) is 0 Å². The third-order valence-electron chi connectivity index (χ3n) is 5.91. The Morgan fingerprint density at radius 1 is 1.05 bits per heavy atom. The first-order chi connectivity index (χ1) is 18.4. The number of ether oxygens (including phenoxy) is 1. The van der Waals surface area contributed by atoms with E-state index in [4.69, 9.17) is 10.5 Å². The first-order valence-corrected chi connectivity index (χ1v) is 11.7. The van der Waals surface area contributed by atoms with Crippen LogP contribution in [0.5, 0.6) is 11.6 Å². The third kappa shape index (κ3) is 4.54. The molecule has 1 amide bonds. The van der Waals surface area contributed by atoms with Crippen LogP contribution < -0.4 is 15.8 Å². The molecule has 5 rings (SSSR count). The van der Waals surface area contributed by atoms with E-state index in [1.807, 2.05) is 55.5 Å². The van der Waals surface area contributed by atoms with Crippen LogP contribution in [-0.2, 0) is 4.79 Å². The summed E-state index contributed by atoms with van der Waals surface area (Å²) in [5.41, 5.74) is 11.9. The molecule has 3 N–H and O–H groups in total. The summed E-state index contributed by atoms with van der Waals surface area (Å²) < 4.78 is 7.41. The number of benzene rings is 2. The van der Waals surface area contributed by atoms with E-state index < -0.39 is 0 Å². The van der Waals surface area contributed by atoms with E-state index in [1.165, 1.54) is 10.8 Å². The molecule has 5 aromatic rings. The van der Waals surface area contributed by atoms with Gasteiger partial charge in [0, 0.05) is 34.1 Å². The number of fused-ring (bicyclic) bond motifs is 1. The molecule has 38 heavy (non-hydrogen) atoms. The molecule has 0 radical (unpaired) electrons. The van der Waals surface area contributed by atoms with Crippen molar-refractivity contribution in [2.75, 3.05) is 11.1 Å². The highest BCUT2D eigenvalue weighted by atomic mass is 16.5. The van der Waals surface area contributed by atoms with Crippen LogP contribution in [0.4, 0.5) is 11.5 Å². The summed E-state index contributed by atoms with van der Waals surface area (Å²) in [4.78, 5) is 20.6. The topological polar surface area (TPSA) is 131 Å². The van der Waals surface area contributed by atoms with Crippen LogP contribution in [0.3, 0.4) is 0 Å². The number of nitrogens with two attached hydrogens (primary N) is 1. The van der Waals surface area contributed by atoms with Gasteiger partial charge >= 0.3 is 0 Å². The average Bonchev–Trinajstić information content (AvgIpc) is 3.25. The number of nitrogen functional groups attached to an aromatic ring is 1. The van der Waals surface area contributed by atoms with Crippen LogP contribution in [0.2, 0.25) is 0 Å². The second-order valence-corrected chi connectivity index (χ2v) is 8.67. The van der Waals surface area contributed by atoms with Crippen LogP contribution >= 0.6 is 0 Å². The molecule has 0 aliphatic rings. The van der Waals surface area contributed by atoms with Crippen molar-refractivity contribution < 1.29 is 9.53 Å². The summed E-state index contributed by atoms with van der Waals surface area (Å²) in [7, 11) is 0. The summed E-state index contributed by atoms with van der Waals surface area (Å²) in [6.45, 7) is 7.20. The molecule has 0 spiro atoms. The van der Waals surface area contributed by atoms with Gasteiger partial charge in [0.25, 0.3) is 5.91 Å². The van der Waals surface area contributed by atoms with Crippen LogP contribution in [0.25, 0.3) is 27.8 Å². The quantitative estimate of drug-likeness (QED) is 0.293. The van der Waals surface area contributed by atoms with Crippen LogP contribution in [-0.4, -0.2) is 25.5 Å². The second kappa shape index (κ2) is 9.87. The molecule has 0 saturated heterocycles. The maximum atomic E-state index is 12.0. The summed E-state index contributed by atoms with van der Waals surface area (Å²) in [6, 6.07) is 22.5. The Labute approximate surface area is 218 Å². The fraction of sp³-hybridized carbons (Fsp3) is 0.0690. The number of hydrogen-bond acceptors (Lipinski definition) is 7. The largest absolute Gasteiger partial charge is 0.439 e. The number of rotatable bonds is 6. The van der Waals surface area contributed by atoms with Crippen molar-refractivity contribution >= 4 is 22.9 Å². The van der Waals surface area contributed by atoms with Gasteiger partial charge in [0.15, 0.2) is 11.5 Å². The van der Waals surface area contributed by atoms with Gasteiger partial charge in [-0.1, -0.05) is 36.9 Å². The van der Waals surface area contributed by atoms with E-state index >= 15 is 0 Å². The van der Waals surface area contributed by atoms with Crippen LogP contribution in [0.15, 0.2) is 85.2 Å². The normalized spacial score (nSPS) is 10.7. The van der Waals surface area contributed by atoms with Crippen molar-refractivity contribution in [1.82, 2.24) is 19.6 Å². The van der Waals surface area contributed by atoms with Crippen LogP contribution in [0, 0.1) is 18.3 Å². The Hall–Kier alpha value is -5.49. The van der Waals surface area contributed by atoms with Crippen molar-refractivity contribution in [2.24, 2.45) is 0 Å². The molecule has 186 valence electrons. The van der Waals surface area contributed by atoms with E-state index in [2.05, 4.69) is 33.0 Å². The molecule has 0 unspecified atom stereocenters. The lowest BCUT2D eigenvalue weighted by Crippen LogP contribution is -2.11. The van der Waals surface area contributed by atoms with Gasteiger partial charge in [-0.3, -0.25) is 4.79 Å². The zero-order valence-electron chi connectivity index (χ0n) is 20.8. The van der Waals surface area contributed by atoms with E-state index in [1.54, 1.807) is 25.1 Å². The molecular weight excluding hydrogens is 478 g/mol. The van der Waals surface area contributed by atoms with Crippen LogP contribution in [0.1, 0.15) is 18.3 Å². The minimum Gasteiger partial charge on any atom is -0.439 e. The number of aromatic nitrogens is 4. The Kier molecular flexibility index (Phi) is 6.29. The molecule has 9 nitrogen and oxygen atoms in total. The number of carbonyl (C=O) groups is 1. The lowest BCUT2D eigenvalue weighted by Gasteiger charge is -2.10. The van der Waals surface area contributed by atoms with E-state index in [9.17, 15) is 10.1 Å². The minimum absolute atomic E-state index is 0.243. The zero-order chi connectivity index (χ0) is 26.8. The molecule has 9 heteroatoms. The zero-order valence-corrected chi connectivity index (χ0v) is 20.8. The van der Waals surface area contributed by atoms with Crippen molar-refractivity contribution in [3.8, 4) is 40.0 Å². The first kappa shape index (κ1) is 24.2. The number of amides is 1. The highest BCUT2D eigenvalue weighted by Gasteiger charge is 2.24. The lowest BCUT2D eigenvalue weighted by atomic mass is 9.95. The minimum atomic E-state index is -0.267. The molecule has 0 saturated carbocycles. The monoisotopic (exact) mass is 501 g/mol. The summed E-state index contributed by atoms with van der Waals surface area (Å²) in [5, 5.41) is 17.2. The number of pyridine rings is 1. The Morgan fingerprint density at radius 2 is 1.74 bits per heavy atom. The highest BCUT2D eigenvalue weighted by molar-refractivity contribution is 6.04. The van der Waals surface area contributed by atoms with Gasteiger partial charge in [-0.2, -0.15) is 10.4 Å². The SMILES string of the molecule is C=C(C)C(=O)Nc1ccc(-c2c(-c3ccc(Oc4cccc(C)n4)cc3)c3c(N)ncnn3c2C#N)cc1. The average molecular weight is 502 g/mol. The fourth-order valence-electron chi connectivity index (χ4n) is 4.12. The number of nitrogens with zero attached hydrogens (tertiary/aromatic N) is 5. The first-order valence-electron chi connectivity index (χ1n) is 11.7. The number of hydrogen-bond donors (Lipinski definition) is 2. The van der Waals surface area contributed by atoms with Gasteiger partial charge in [0.05, 0.1) is 0 Å². The summed E-state index contributed by atoms with van der Waals surface area (Å²) in [5.74, 6) is 1.08. The molecule has 2 aromatic carbocycles. The van der Waals surface area contributed by atoms with Gasteiger partial charge in [-0.25, -0.2) is 14.5 Å². The van der Waals surface area contributed by atoms with Gasteiger partial charge in [0.1, 0.15) is 23.7 Å². The Bertz CT molecular complexity index is 1730. The maximum absolute atomic E-state index is 12.0. The lowest BCUT2D eigenvalue weighted by molar-refractivity contribution is -0.112. The predicted octanol–water partition coefficient (Wildman–Crippen LogP) is 5.53. The van der Waals surface area contributed by atoms with Gasteiger partial charge in [-0.05, 0) is 55.3 Å².